The first-order valence-electron chi connectivity index (χ1n) is 8.48. The first-order valence-corrected chi connectivity index (χ1v) is 8.48. The monoisotopic (exact) mass is 279 g/mol. The SMILES string of the molecule is CC1(C)CCC(NC(=O)C2CCC(C(C)(C)C)CC2)C1. The fourth-order valence-corrected chi connectivity index (χ4v) is 4.10. The second-order valence-corrected chi connectivity index (χ2v) is 9.03. The van der Waals surface area contributed by atoms with E-state index in [0.717, 1.165) is 31.6 Å². The van der Waals surface area contributed by atoms with Crippen molar-refractivity contribution in [2.75, 3.05) is 0 Å². The van der Waals surface area contributed by atoms with Crippen LogP contribution in [0.3, 0.4) is 0 Å². The van der Waals surface area contributed by atoms with Gasteiger partial charge in [-0.2, -0.15) is 0 Å². The predicted molar refractivity (Wildman–Crippen MR) is 84.5 cm³/mol. The molecule has 0 aromatic carbocycles. The number of amides is 1. The molecule has 1 amide bonds. The summed E-state index contributed by atoms with van der Waals surface area (Å²) in [5.74, 6) is 1.40. The maximum absolute atomic E-state index is 12.4. The molecule has 0 saturated heterocycles. The van der Waals surface area contributed by atoms with E-state index < -0.39 is 0 Å². The molecule has 0 bridgehead atoms. The minimum Gasteiger partial charge on any atom is -0.353 e. The highest BCUT2D eigenvalue weighted by molar-refractivity contribution is 5.79. The van der Waals surface area contributed by atoms with Gasteiger partial charge >= 0.3 is 0 Å². The third kappa shape index (κ3) is 3.99. The molecule has 0 radical (unpaired) electrons. The van der Waals surface area contributed by atoms with Crippen LogP contribution in [0.15, 0.2) is 0 Å². The Balaban J connectivity index is 1.78. The molecule has 0 heterocycles. The lowest BCUT2D eigenvalue weighted by Crippen LogP contribution is -2.40. The Labute approximate surface area is 125 Å². The number of hydrogen-bond donors (Lipinski definition) is 1. The predicted octanol–water partition coefficient (Wildman–Crippen LogP) is 4.53. The minimum absolute atomic E-state index is 0.275. The van der Waals surface area contributed by atoms with Crippen LogP contribution < -0.4 is 5.32 Å². The smallest absolute Gasteiger partial charge is 0.223 e. The molecule has 0 aromatic rings. The molecule has 20 heavy (non-hydrogen) atoms. The van der Waals surface area contributed by atoms with Gasteiger partial charge in [0.05, 0.1) is 0 Å². The largest absolute Gasteiger partial charge is 0.353 e. The Morgan fingerprint density at radius 1 is 1.05 bits per heavy atom. The van der Waals surface area contributed by atoms with Crippen LogP contribution in [-0.2, 0) is 4.79 Å². The van der Waals surface area contributed by atoms with Crippen molar-refractivity contribution in [1.29, 1.82) is 0 Å². The van der Waals surface area contributed by atoms with Crippen LogP contribution in [0.4, 0.5) is 0 Å². The molecule has 2 rings (SSSR count). The summed E-state index contributed by atoms with van der Waals surface area (Å²) < 4.78 is 0. The summed E-state index contributed by atoms with van der Waals surface area (Å²) in [5.41, 5.74) is 0.818. The highest BCUT2D eigenvalue weighted by atomic mass is 16.1. The van der Waals surface area contributed by atoms with Crippen molar-refractivity contribution in [2.45, 2.75) is 85.6 Å². The summed E-state index contributed by atoms with van der Waals surface area (Å²) >= 11 is 0. The highest BCUT2D eigenvalue weighted by Crippen LogP contribution is 2.40. The fraction of sp³-hybridized carbons (Fsp3) is 0.944. The lowest BCUT2D eigenvalue weighted by atomic mass is 9.69. The number of nitrogens with one attached hydrogen (secondary N) is 1. The zero-order valence-corrected chi connectivity index (χ0v) is 14.1. The van der Waals surface area contributed by atoms with E-state index >= 15 is 0 Å². The molecule has 1 unspecified atom stereocenters. The van der Waals surface area contributed by atoms with Crippen molar-refractivity contribution in [3.05, 3.63) is 0 Å². The average molecular weight is 279 g/mol. The lowest BCUT2D eigenvalue weighted by Gasteiger charge is -2.36. The van der Waals surface area contributed by atoms with Crippen LogP contribution in [0.5, 0.6) is 0 Å². The number of carbonyl (C=O) groups excluding carboxylic acids is 1. The third-order valence-corrected chi connectivity index (χ3v) is 5.64. The van der Waals surface area contributed by atoms with Gasteiger partial charge in [0.25, 0.3) is 0 Å². The van der Waals surface area contributed by atoms with Crippen molar-refractivity contribution >= 4 is 5.91 Å². The molecule has 2 nitrogen and oxygen atoms in total. The molecule has 0 spiro atoms. The van der Waals surface area contributed by atoms with E-state index in [1.807, 2.05) is 0 Å². The molecule has 2 fully saturated rings. The normalized spacial score (nSPS) is 34.0. The Morgan fingerprint density at radius 2 is 1.65 bits per heavy atom. The van der Waals surface area contributed by atoms with E-state index in [1.54, 1.807) is 0 Å². The van der Waals surface area contributed by atoms with Gasteiger partial charge < -0.3 is 5.32 Å². The average Bonchev–Trinajstić information content (AvgIpc) is 2.67. The second kappa shape index (κ2) is 5.69. The van der Waals surface area contributed by atoms with E-state index in [0.29, 0.717) is 22.8 Å². The number of rotatable bonds is 2. The molecule has 0 aliphatic heterocycles. The summed E-state index contributed by atoms with van der Waals surface area (Å²) in [7, 11) is 0. The minimum atomic E-state index is 0.275. The molecule has 1 atom stereocenters. The Hall–Kier alpha value is -0.530. The van der Waals surface area contributed by atoms with E-state index in [9.17, 15) is 4.79 Å². The zero-order chi connectivity index (χ0) is 15.0. The van der Waals surface area contributed by atoms with Crippen molar-refractivity contribution in [2.24, 2.45) is 22.7 Å². The molecular weight excluding hydrogens is 246 g/mol. The Morgan fingerprint density at radius 3 is 2.10 bits per heavy atom. The van der Waals surface area contributed by atoms with Gasteiger partial charge in [-0.05, 0) is 61.7 Å². The molecule has 2 heteroatoms. The lowest BCUT2D eigenvalue weighted by molar-refractivity contribution is -0.127. The van der Waals surface area contributed by atoms with Gasteiger partial charge in [-0.15, -0.1) is 0 Å². The summed E-state index contributed by atoms with van der Waals surface area (Å²) in [4.78, 5) is 12.4. The van der Waals surface area contributed by atoms with Gasteiger partial charge in [0.1, 0.15) is 0 Å². The molecule has 116 valence electrons. The fourth-order valence-electron chi connectivity index (χ4n) is 4.10. The molecule has 0 aromatic heterocycles. The summed E-state index contributed by atoms with van der Waals surface area (Å²) in [6.07, 6.45) is 8.17. The standard InChI is InChI=1S/C18H33NO/c1-17(2,3)14-8-6-13(7-9-14)16(20)19-15-10-11-18(4,5)12-15/h13-15H,6-12H2,1-5H3,(H,19,20). The van der Waals surface area contributed by atoms with Gasteiger partial charge in [-0.1, -0.05) is 34.6 Å². The summed E-state index contributed by atoms with van der Waals surface area (Å²) in [6.45, 7) is 11.6. The van der Waals surface area contributed by atoms with E-state index in [-0.39, 0.29) is 5.92 Å². The van der Waals surface area contributed by atoms with Crippen molar-refractivity contribution in [1.82, 2.24) is 5.32 Å². The van der Waals surface area contributed by atoms with Gasteiger partial charge in [-0.3, -0.25) is 4.79 Å². The summed E-state index contributed by atoms with van der Waals surface area (Å²) in [6, 6.07) is 0.429. The molecular formula is C18H33NO. The first kappa shape index (κ1) is 15.9. The number of carbonyl (C=O) groups is 1. The second-order valence-electron chi connectivity index (χ2n) is 9.03. The molecule has 1 N–H and O–H groups in total. The van der Waals surface area contributed by atoms with Crippen LogP contribution in [0.2, 0.25) is 0 Å². The molecule has 2 aliphatic rings. The van der Waals surface area contributed by atoms with Crippen molar-refractivity contribution in [3.63, 3.8) is 0 Å². The Bertz CT molecular complexity index is 345. The van der Waals surface area contributed by atoms with Crippen molar-refractivity contribution < 1.29 is 4.79 Å². The topological polar surface area (TPSA) is 29.1 Å². The summed E-state index contributed by atoms with van der Waals surface area (Å²) in [5, 5.41) is 3.32. The van der Waals surface area contributed by atoms with Gasteiger partial charge in [0, 0.05) is 12.0 Å². The first-order chi connectivity index (χ1) is 9.17. The van der Waals surface area contributed by atoms with Gasteiger partial charge in [0.2, 0.25) is 5.91 Å². The van der Waals surface area contributed by atoms with Crippen LogP contribution in [0.1, 0.15) is 79.6 Å². The molecule has 2 aliphatic carbocycles. The molecule has 2 saturated carbocycles. The van der Waals surface area contributed by atoms with Crippen LogP contribution in [0.25, 0.3) is 0 Å². The van der Waals surface area contributed by atoms with Crippen LogP contribution in [0, 0.1) is 22.7 Å². The quantitative estimate of drug-likeness (QED) is 0.790. The highest BCUT2D eigenvalue weighted by Gasteiger charge is 2.35. The maximum Gasteiger partial charge on any atom is 0.223 e. The van der Waals surface area contributed by atoms with Crippen molar-refractivity contribution in [3.8, 4) is 0 Å². The van der Waals surface area contributed by atoms with E-state index in [1.165, 1.54) is 19.3 Å². The number of hydrogen-bond acceptors (Lipinski definition) is 1. The third-order valence-electron chi connectivity index (χ3n) is 5.64. The van der Waals surface area contributed by atoms with Crippen LogP contribution in [-0.4, -0.2) is 11.9 Å². The zero-order valence-electron chi connectivity index (χ0n) is 14.1. The van der Waals surface area contributed by atoms with E-state index in [2.05, 4.69) is 39.9 Å². The van der Waals surface area contributed by atoms with Gasteiger partial charge in [0.15, 0.2) is 0 Å². The maximum atomic E-state index is 12.4. The Kier molecular flexibility index (Phi) is 4.51. The van der Waals surface area contributed by atoms with Crippen LogP contribution >= 0.6 is 0 Å². The van der Waals surface area contributed by atoms with Gasteiger partial charge in [-0.25, -0.2) is 0 Å². The van der Waals surface area contributed by atoms with E-state index in [4.69, 9.17) is 0 Å².